The Labute approximate surface area is 173 Å². The molecule has 0 aliphatic rings. The molecule has 30 heavy (non-hydrogen) atoms. The van der Waals surface area contributed by atoms with E-state index in [1.165, 1.54) is 6.26 Å². The van der Waals surface area contributed by atoms with Crippen molar-refractivity contribution >= 4 is 16.9 Å². The number of hydrogen-bond donors (Lipinski definition) is 1. The Morgan fingerprint density at radius 3 is 2.70 bits per heavy atom. The Kier molecular flexibility index (Phi) is 5.49. The van der Waals surface area contributed by atoms with Gasteiger partial charge in [-0.2, -0.15) is 0 Å². The number of aromatic nitrogens is 2. The standard InChI is InChI=1S/C22H22N4O4/c1-26(2)11-10-23-21(27)15-6-9-19-17(12-15)20(25-30-19)18-13-29-22(24-18)14-4-7-16(28-3)8-5-14/h4-9,12-13H,10-11H2,1-3H3,(H,23,27). The summed E-state index contributed by atoms with van der Waals surface area (Å²) in [5.41, 5.74) is 2.98. The quantitative estimate of drug-likeness (QED) is 0.502. The van der Waals surface area contributed by atoms with E-state index >= 15 is 0 Å². The predicted octanol–water partition coefficient (Wildman–Crippen LogP) is 3.45. The van der Waals surface area contributed by atoms with Crippen LogP contribution in [0.5, 0.6) is 5.75 Å². The number of carbonyl (C=O) groups excluding carboxylic acids is 1. The number of nitrogens with zero attached hydrogens (tertiary/aromatic N) is 3. The van der Waals surface area contributed by atoms with Gasteiger partial charge in [-0.1, -0.05) is 5.16 Å². The molecule has 2 aromatic heterocycles. The van der Waals surface area contributed by atoms with Crippen LogP contribution in [0.1, 0.15) is 10.4 Å². The number of ether oxygens (including phenoxy) is 1. The van der Waals surface area contributed by atoms with Crippen molar-refractivity contribution in [1.29, 1.82) is 0 Å². The molecule has 154 valence electrons. The van der Waals surface area contributed by atoms with Gasteiger partial charge in [0.1, 0.15) is 23.4 Å². The number of fused-ring (bicyclic) bond motifs is 1. The number of amides is 1. The van der Waals surface area contributed by atoms with Crippen LogP contribution in [-0.4, -0.2) is 55.2 Å². The summed E-state index contributed by atoms with van der Waals surface area (Å²) in [7, 11) is 5.53. The normalized spacial score (nSPS) is 11.2. The summed E-state index contributed by atoms with van der Waals surface area (Å²) in [5.74, 6) is 1.07. The molecular weight excluding hydrogens is 384 g/mol. The van der Waals surface area contributed by atoms with E-state index < -0.39 is 0 Å². The van der Waals surface area contributed by atoms with Crippen molar-refractivity contribution in [3.63, 3.8) is 0 Å². The predicted molar refractivity (Wildman–Crippen MR) is 112 cm³/mol. The van der Waals surface area contributed by atoms with Gasteiger partial charge in [0.2, 0.25) is 5.89 Å². The summed E-state index contributed by atoms with van der Waals surface area (Å²) in [6, 6.07) is 12.6. The SMILES string of the molecule is COc1ccc(-c2nc(-c3noc4ccc(C(=O)NCCN(C)C)cc34)co2)cc1. The molecule has 0 unspecified atom stereocenters. The van der Waals surface area contributed by atoms with Crippen LogP contribution in [-0.2, 0) is 0 Å². The van der Waals surface area contributed by atoms with E-state index in [1.54, 1.807) is 25.3 Å². The molecule has 0 saturated heterocycles. The number of nitrogens with one attached hydrogen (secondary N) is 1. The Hall–Kier alpha value is -3.65. The largest absolute Gasteiger partial charge is 0.497 e. The molecular formula is C22H22N4O4. The molecule has 0 saturated carbocycles. The van der Waals surface area contributed by atoms with Gasteiger partial charge in [-0.05, 0) is 56.6 Å². The molecule has 2 aromatic carbocycles. The summed E-state index contributed by atoms with van der Waals surface area (Å²) in [6.07, 6.45) is 1.53. The molecule has 8 nitrogen and oxygen atoms in total. The number of methoxy groups -OCH3 is 1. The lowest BCUT2D eigenvalue weighted by Crippen LogP contribution is -2.31. The van der Waals surface area contributed by atoms with Crippen molar-refractivity contribution in [1.82, 2.24) is 20.4 Å². The molecule has 0 radical (unpaired) electrons. The van der Waals surface area contributed by atoms with Gasteiger partial charge in [-0.15, -0.1) is 0 Å². The Morgan fingerprint density at radius 1 is 1.17 bits per heavy atom. The fourth-order valence-corrected chi connectivity index (χ4v) is 3.01. The molecule has 2 heterocycles. The third-order valence-corrected chi connectivity index (χ3v) is 4.66. The molecule has 0 aliphatic carbocycles. The van der Waals surface area contributed by atoms with Crippen LogP contribution in [0.2, 0.25) is 0 Å². The van der Waals surface area contributed by atoms with Gasteiger partial charge in [0.25, 0.3) is 5.91 Å². The Balaban J connectivity index is 1.60. The fraction of sp³-hybridized carbons (Fsp3) is 0.227. The van der Waals surface area contributed by atoms with Crippen LogP contribution in [0.3, 0.4) is 0 Å². The van der Waals surface area contributed by atoms with Gasteiger partial charge < -0.3 is 23.9 Å². The number of rotatable bonds is 7. The molecule has 0 spiro atoms. The second-order valence-electron chi connectivity index (χ2n) is 7.07. The van der Waals surface area contributed by atoms with Crippen LogP contribution >= 0.6 is 0 Å². The van der Waals surface area contributed by atoms with Crippen molar-refractivity contribution in [3.8, 4) is 28.6 Å². The van der Waals surface area contributed by atoms with Gasteiger partial charge in [0.15, 0.2) is 5.58 Å². The summed E-state index contributed by atoms with van der Waals surface area (Å²) in [4.78, 5) is 19.0. The fourth-order valence-electron chi connectivity index (χ4n) is 3.01. The molecule has 1 amide bonds. The van der Waals surface area contributed by atoms with Crippen molar-refractivity contribution in [3.05, 3.63) is 54.3 Å². The number of carbonyl (C=O) groups is 1. The summed E-state index contributed by atoms with van der Waals surface area (Å²) in [6.45, 7) is 1.33. The lowest BCUT2D eigenvalue weighted by molar-refractivity contribution is 0.0951. The maximum absolute atomic E-state index is 12.5. The van der Waals surface area contributed by atoms with Gasteiger partial charge in [-0.3, -0.25) is 4.79 Å². The summed E-state index contributed by atoms with van der Waals surface area (Å²) in [5, 5.41) is 7.73. The zero-order chi connectivity index (χ0) is 21.1. The molecule has 4 aromatic rings. The molecule has 8 heteroatoms. The van der Waals surface area contributed by atoms with Gasteiger partial charge in [-0.25, -0.2) is 4.98 Å². The second-order valence-corrected chi connectivity index (χ2v) is 7.07. The van der Waals surface area contributed by atoms with Crippen LogP contribution < -0.4 is 10.1 Å². The molecule has 0 atom stereocenters. The first kappa shape index (κ1) is 19.7. The molecule has 0 fully saturated rings. The highest BCUT2D eigenvalue weighted by molar-refractivity contribution is 6.00. The number of likely N-dealkylation sites (N-methyl/N-ethyl adjacent to an activating group) is 1. The second kappa shape index (κ2) is 8.38. The minimum atomic E-state index is -0.148. The molecule has 4 rings (SSSR count). The third kappa shape index (κ3) is 4.04. The minimum absolute atomic E-state index is 0.148. The van der Waals surface area contributed by atoms with E-state index in [0.29, 0.717) is 40.4 Å². The van der Waals surface area contributed by atoms with Gasteiger partial charge in [0.05, 0.1) is 12.5 Å². The zero-order valence-corrected chi connectivity index (χ0v) is 17.0. The summed E-state index contributed by atoms with van der Waals surface area (Å²) >= 11 is 0. The van der Waals surface area contributed by atoms with Crippen LogP contribution in [0.25, 0.3) is 33.8 Å². The highest BCUT2D eigenvalue weighted by atomic mass is 16.5. The first-order chi connectivity index (χ1) is 14.5. The van der Waals surface area contributed by atoms with E-state index in [1.807, 2.05) is 43.3 Å². The first-order valence-electron chi connectivity index (χ1n) is 9.48. The van der Waals surface area contributed by atoms with Crippen molar-refractivity contribution in [2.24, 2.45) is 0 Å². The smallest absolute Gasteiger partial charge is 0.251 e. The highest BCUT2D eigenvalue weighted by Crippen LogP contribution is 2.31. The summed E-state index contributed by atoms with van der Waals surface area (Å²) < 4.78 is 16.2. The monoisotopic (exact) mass is 406 g/mol. The van der Waals surface area contributed by atoms with Gasteiger partial charge in [0, 0.05) is 24.2 Å². The van der Waals surface area contributed by atoms with E-state index in [0.717, 1.165) is 17.9 Å². The zero-order valence-electron chi connectivity index (χ0n) is 17.0. The highest BCUT2D eigenvalue weighted by Gasteiger charge is 2.17. The maximum Gasteiger partial charge on any atom is 0.251 e. The number of benzene rings is 2. The molecule has 0 bridgehead atoms. The third-order valence-electron chi connectivity index (χ3n) is 4.66. The van der Waals surface area contributed by atoms with Gasteiger partial charge >= 0.3 is 0 Å². The minimum Gasteiger partial charge on any atom is -0.497 e. The maximum atomic E-state index is 12.5. The Bertz CT molecular complexity index is 1160. The van der Waals surface area contributed by atoms with Crippen molar-refractivity contribution in [2.45, 2.75) is 0 Å². The topological polar surface area (TPSA) is 93.6 Å². The van der Waals surface area contributed by atoms with E-state index in [4.69, 9.17) is 13.7 Å². The van der Waals surface area contributed by atoms with Crippen LogP contribution in [0.4, 0.5) is 0 Å². The lowest BCUT2D eigenvalue weighted by Gasteiger charge is -2.10. The van der Waals surface area contributed by atoms with Crippen LogP contribution in [0.15, 0.2) is 57.7 Å². The van der Waals surface area contributed by atoms with E-state index in [2.05, 4.69) is 15.5 Å². The lowest BCUT2D eigenvalue weighted by atomic mass is 10.1. The van der Waals surface area contributed by atoms with E-state index in [-0.39, 0.29) is 5.91 Å². The average molecular weight is 406 g/mol. The number of hydrogen-bond acceptors (Lipinski definition) is 7. The molecule has 1 N–H and O–H groups in total. The Morgan fingerprint density at radius 2 is 1.97 bits per heavy atom. The van der Waals surface area contributed by atoms with E-state index in [9.17, 15) is 4.79 Å². The van der Waals surface area contributed by atoms with Crippen molar-refractivity contribution < 1.29 is 18.5 Å². The average Bonchev–Trinajstić information content (AvgIpc) is 3.40. The van der Waals surface area contributed by atoms with Crippen molar-refractivity contribution in [2.75, 3.05) is 34.3 Å². The molecule has 0 aliphatic heterocycles. The van der Waals surface area contributed by atoms with Crippen LogP contribution in [0, 0.1) is 0 Å². The number of oxazole rings is 1. The first-order valence-corrected chi connectivity index (χ1v) is 9.48.